The van der Waals surface area contributed by atoms with E-state index in [1.807, 2.05) is 43.0 Å². The average Bonchev–Trinajstić information content (AvgIpc) is 2.71. The first kappa shape index (κ1) is 12.6. The lowest BCUT2D eigenvalue weighted by molar-refractivity contribution is -0.138. The molecule has 0 amide bonds. The SMILES string of the molecule is CC(C)N(CC(=O)O)Cc1coc2ccccc12. The van der Waals surface area contributed by atoms with Gasteiger partial charge in [0, 0.05) is 23.5 Å². The summed E-state index contributed by atoms with van der Waals surface area (Å²) in [6.07, 6.45) is 1.71. The van der Waals surface area contributed by atoms with Gasteiger partial charge >= 0.3 is 5.97 Å². The van der Waals surface area contributed by atoms with Crippen LogP contribution in [0, 0.1) is 0 Å². The largest absolute Gasteiger partial charge is 0.480 e. The number of hydrogen-bond donors (Lipinski definition) is 1. The second-order valence-corrected chi connectivity index (χ2v) is 4.65. The fourth-order valence-corrected chi connectivity index (χ4v) is 1.97. The number of aliphatic carboxylic acids is 1. The Morgan fingerprint density at radius 2 is 2.11 bits per heavy atom. The number of carboxylic acids is 1. The van der Waals surface area contributed by atoms with Crippen molar-refractivity contribution in [3.63, 3.8) is 0 Å². The summed E-state index contributed by atoms with van der Waals surface area (Å²) in [5, 5.41) is 9.96. The van der Waals surface area contributed by atoms with Crippen LogP contribution in [-0.4, -0.2) is 28.6 Å². The van der Waals surface area contributed by atoms with Crippen LogP contribution in [0.2, 0.25) is 0 Å². The van der Waals surface area contributed by atoms with E-state index in [1.165, 1.54) is 0 Å². The molecule has 0 saturated heterocycles. The molecule has 4 heteroatoms. The van der Waals surface area contributed by atoms with Crippen molar-refractivity contribution >= 4 is 16.9 Å². The van der Waals surface area contributed by atoms with E-state index >= 15 is 0 Å². The summed E-state index contributed by atoms with van der Waals surface area (Å²) in [6.45, 7) is 4.61. The fourth-order valence-electron chi connectivity index (χ4n) is 1.97. The number of rotatable bonds is 5. The number of nitrogens with zero attached hydrogens (tertiary/aromatic N) is 1. The highest BCUT2D eigenvalue weighted by atomic mass is 16.4. The van der Waals surface area contributed by atoms with E-state index in [0.29, 0.717) is 6.54 Å². The van der Waals surface area contributed by atoms with Crippen molar-refractivity contribution < 1.29 is 14.3 Å². The maximum absolute atomic E-state index is 10.8. The van der Waals surface area contributed by atoms with Crippen LogP contribution in [0.4, 0.5) is 0 Å². The Morgan fingerprint density at radius 3 is 2.78 bits per heavy atom. The fraction of sp³-hybridized carbons (Fsp3) is 0.357. The first-order chi connectivity index (χ1) is 8.58. The molecule has 4 nitrogen and oxygen atoms in total. The van der Waals surface area contributed by atoms with Gasteiger partial charge in [-0.3, -0.25) is 9.69 Å². The minimum atomic E-state index is -0.809. The van der Waals surface area contributed by atoms with E-state index in [2.05, 4.69) is 0 Å². The van der Waals surface area contributed by atoms with Gasteiger partial charge in [-0.2, -0.15) is 0 Å². The summed E-state index contributed by atoms with van der Waals surface area (Å²) >= 11 is 0. The molecule has 0 radical (unpaired) electrons. The first-order valence-electron chi connectivity index (χ1n) is 5.99. The second kappa shape index (κ2) is 5.23. The molecule has 1 N–H and O–H groups in total. The number of carboxylic acid groups (broad SMARTS) is 1. The maximum atomic E-state index is 10.8. The van der Waals surface area contributed by atoms with Gasteiger partial charge in [0.05, 0.1) is 12.8 Å². The average molecular weight is 247 g/mol. The van der Waals surface area contributed by atoms with Crippen LogP contribution < -0.4 is 0 Å². The Balaban J connectivity index is 2.23. The smallest absolute Gasteiger partial charge is 0.317 e. The van der Waals surface area contributed by atoms with E-state index in [9.17, 15) is 4.79 Å². The minimum absolute atomic E-state index is 0.0389. The van der Waals surface area contributed by atoms with Crippen LogP contribution in [0.5, 0.6) is 0 Å². The highest BCUT2D eigenvalue weighted by molar-refractivity contribution is 5.80. The zero-order valence-corrected chi connectivity index (χ0v) is 10.6. The monoisotopic (exact) mass is 247 g/mol. The summed E-state index contributed by atoms with van der Waals surface area (Å²) in [7, 11) is 0. The standard InChI is InChI=1S/C14H17NO3/c1-10(2)15(8-14(16)17)7-11-9-18-13-6-4-3-5-12(11)13/h3-6,9-10H,7-8H2,1-2H3,(H,16,17). The summed E-state index contributed by atoms with van der Waals surface area (Å²) in [5.41, 5.74) is 1.87. The van der Waals surface area contributed by atoms with Crippen LogP contribution in [0.1, 0.15) is 19.4 Å². The summed E-state index contributed by atoms with van der Waals surface area (Å²) < 4.78 is 5.46. The Kier molecular flexibility index (Phi) is 3.67. The zero-order valence-electron chi connectivity index (χ0n) is 10.6. The van der Waals surface area contributed by atoms with Gasteiger partial charge in [-0.05, 0) is 19.9 Å². The molecule has 2 rings (SSSR count). The van der Waals surface area contributed by atoms with E-state index < -0.39 is 5.97 Å². The number of carbonyl (C=O) groups is 1. The molecule has 2 aromatic rings. The molecule has 0 unspecified atom stereocenters. The lowest BCUT2D eigenvalue weighted by atomic mass is 10.1. The molecule has 0 atom stereocenters. The molecule has 0 fully saturated rings. The van der Waals surface area contributed by atoms with Crippen molar-refractivity contribution in [2.45, 2.75) is 26.4 Å². The molecule has 1 aromatic carbocycles. The van der Waals surface area contributed by atoms with Gasteiger partial charge in [0.2, 0.25) is 0 Å². The van der Waals surface area contributed by atoms with Crippen molar-refractivity contribution in [2.75, 3.05) is 6.54 Å². The lowest BCUT2D eigenvalue weighted by Crippen LogP contribution is -2.34. The minimum Gasteiger partial charge on any atom is -0.480 e. The molecule has 1 heterocycles. The number of para-hydroxylation sites is 1. The highest BCUT2D eigenvalue weighted by Gasteiger charge is 2.16. The normalized spacial score (nSPS) is 11.6. The maximum Gasteiger partial charge on any atom is 0.317 e. The molecule has 1 aromatic heterocycles. The predicted octanol–water partition coefficient (Wildman–Crippen LogP) is 2.73. The predicted molar refractivity (Wildman–Crippen MR) is 69.4 cm³/mol. The third-order valence-electron chi connectivity index (χ3n) is 3.00. The number of fused-ring (bicyclic) bond motifs is 1. The highest BCUT2D eigenvalue weighted by Crippen LogP contribution is 2.22. The van der Waals surface area contributed by atoms with Crippen LogP contribution in [0.25, 0.3) is 11.0 Å². The Hall–Kier alpha value is -1.81. The van der Waals surface area contributed by atoms with Crippen molar-refractivity contribution in [3.8, 4) is 0 Å². The van der Waals surface area contributed by atoms with E-state index in [-0.39, 0.29) is 12.6 Å². The molecule has 96 valence electrons. The number of benzene rings is 1. The molecule has 0 saturated carbocycles. The van der Waals surface area contributed by atoms with E-state index in [0.717, 1.165) is 16.5 Å². The topological polar surface area (TPSA) is 53.7 Å². The second-order valence-electron chi connectivity index (χ2n) is 4.65. The molecule has 0 spiro atoms. The summed E-state index contributed by atoms with van der Waals surface area (Å²) in [5.74, 6) is -0.809. The van der Waals surface area contributed by atoms with Crippen LogP contribution in [-0.2, 0) is 11.3 Å². The van der Waals surface area contributed by atoms with Crippen LogP contribution >= 0.6 is 0 Å². The van der Waals surface area contributed by atoms with Crippen molar-refractivity contribution in [3.05, 3.63) is 36.1 Å². The zero-order chi connectivity index (χ0) is 13.1. The Labute approximate surface area is 106 Å². The van der Waals surface area contributed by atoms with Gasteiger partial charge in [0.15, 0.2) is 0 Å². The molecule has 18 heavy (non-hydrogen) atoms. The van der Waals surface area contributed by atoms with Gasteiger partial charge in [0.25, 0.3) is 0 Å². The van der Waals surface area contributed by atoms with Crippen LogP contribution in [0.15, 0.2) is 34.9 Å². The van der Waals surface area contributed by atoms with Crippen LogP contribution in [0.3, 0.4) is 0 Å². The van der Waals surface area contributed by atoms with Gasteiger partial charge in [-0.1, -0.05) is 18.2 Å². The third-order valence-corrected chi connectivity index (χ3v) is 3.00. The molecule has 0 bridgehead atoms. The summed E-state index contributed by atoms with van der Waals surface area (Å²) in [4.78, 5) is 12.7. The first-order valence-corrected chi connectivity index (χ1v) is 5.99. The number of hydrogen-bond acceptors (Lipinski definition) is 3. The van der Waals surface area contributed by atoms with Crippen molar-refractivity contribution in [2.24, 2.45) is 0 Å². The quantitative estimate of drug-likeness (QED) is 0.882. The molecule has 0 aliphatic carbocycles. The lowest BCUT2D eigenvalue weighted by Gasteiger charge is -2.23. The number of furan rings is 1. The third kappa shape index (κ3) is 2.71. The van der Waals surface area contributed by atoms with Gasteiger partial charge < -0.3 is 9.52 Å². The van der Waals surface area contributed by atoms with Crippen molar-refractivity contribution in [1.82, 2.24) is 4.90 Å². The summed E-state index contributed by atoms with van der Waals surface area (Å²) in [6, 6.07) is 7.96. The van der Waals surface area contributed by atoms with Gasteiger partial charge in [-0.15, -0.1) is 0 Å². The Morgan fingerprint density at radius 1 is 1.39 bits per heavy atom. The van der Waals surface area contributed by atoms with E-state index in [4.69, 9.17) is 9.52 Å². The Bertz CT molecular complexity index is 545. The molecular weight excluding hydrogens is 230 g/mol. The van der Waals surface area contributed by atoms with Crippen molar-refractivity contribution in [1.29, 1.82) is 0 Å². The van der Waals surface area contributed by atoms with E-state index in [1.54, 1.807) is 6.26 Å². The molecule has 0 aliphatic heterocycles. The van der Waals surface area contributed by atoms with Gasteiger partial charge in [0.1, 0.15) is 5.58 Å². The van der Waals surface area contributed by atoms with Gasteiger partial charge in [-0.25, -0.2) is 0 Å². The molecular formula is C14H17NO3. The molecule has 0 aliphatic rings.